The van der Waals surface area contributed by atoms with Gasteiger partial charge in [0, 0.05) is 21.6 Å². The molecule has 2 aromatic rings. The van der Waals surface area contributed by atoms with Crippen molar-refractivity contribution < 1.29 is 0 Å². The van der Waals surface area contributed by atoms with Crippen LogP contribution in [0.1, 0.15) is 4.88 Å². The fourth-order valence-electron chi connectivity index (χ4n) is 1.38. The summed E-state index contributed by atoms with van der Waals surface area (Å²) < 4.78 is 1.12. The Balaban J connectivity index is 1.86. The van der Waals surface area contributed by atoms with Crippen molar-refractivity contribution in [3.63, 3.8) is 0 Å². The lowest BCUT2D eigenvalue weighted by atomic mass is 10.3. The fourth-order valence-corrected chi connectivity index (χ4v) is 2.51. The number of rotatable bonds is 4. The molecular formula is C12H12BrNS. The van der Waals surface area contributed by atoms with Gasteiger partial charge in [0.25, 0.3) is 0 Å². The van der Waals surface area contributed by atoms with Gasteiger partial charge in [-0.15, -0.1) is 11.3 Å². The van der Waals surface area contributed by atoms with Gasteiger partial charge in [0.2, 0.25) is 0 Å². The van der Waals surface area contributed by atoms with Crippen molar-refractivity contribution >= 4 is 33.0 Å². The van der Waals surface area contributed by atoms with E-state index in [1.54, 1.807) is 0 Å². The Morgan fingerprint density at radius 2 is 2.00 bits per heavy atom. The van der Waals surface area contributed by atoms with E-state index in [0.29, 0.717) is 0 Å². The Bertz CT molecular complexity index is 411. The monoisotopic (exact) mass is 281 g/mol. The Kier molecular flexibility index (Phi) is 3.80. The smallest absolute Gasteiger partial charge is 0.0484 e. The Morgan fingerprint density at radius 3 is 2.73 bits per heavy atom. The van der Waals surface area contributed by atoms with Gasteiger partial charge in [0.1, 0.15) is 0 Å². The first kappa shape index (κ1) is 10.7. The molecule has 0 aliphatic carbocycles. The van der Waals surface area contributed by atoms with E-state index in [0.717, 1.165) is 23.1 Å². The molecule has 1 heterocycles. The first-order valence-corrected chi connectivity index (χ1v) is 6.54. The third kappa shape index (κ3) is 3.08. The molecule has 0 saturated carbocycles. The van der Waals surface area contributed by atoms with E-state index in [4.69, 9.17) is 0 Å². The minimum atomic E-state index is 0.975. The molecule has 0 aliphatic heterocycles. The van der Waals surface area contributed by atoms with Crippen molar-refractivity contribution in [2.45, 2.75) is 6.42 Å². The molecule has 0 radical (unpaired) electrons. The van der Waals surface area contributed by atoms with E-state index in [2.05, 4.69) is 44.8 Å². The molecule has 15 heavy (non-hydrogen) atoms. The number of para-hydroxylation sites is 1. The topological polar surface area (TPSA) is 12.0 Å². The van der Waals surface area contributed by atoms with E-state index in [-0.39, 0.29) is 0 Å². The van der Waals surface area contributed by atoms with Crippen LogP contribution in [-0.2, 0) is 6.42 Å². The summed E-state index contributed by atoms with van der Waals surface area (Å²) >= 11 is 5.33. The Hall–Kier alpha value is -0.800. The highest BCUT2D eigenvalue weighted by Crippen LogP contribution is 2.21. The Labute approximate surface area is 102 Å². The van der Waals surface area contributed by atoms with Gasteiger partial charge in [-0.05, 0) is 45.9 Å². The zero-order chi connectivity index (χ0) is 10.5. The van der Waals surface area contributed by atoms with Crippen LogP contribution >= 0.6 is 27.3 Å². The lowest BCUT2D eigenvalue weighted by molar-refractivity contribution is 1.04. The summed E-state index contributed by atoms with van der Waals surface area (Å²) in [4.78, 5) is 1.43. The van der Waals surface area contributed by atoms with E-state index >= 15 is 0 Å². The lowest BCUT2D eigenvalue weighted by Gasteiger charge is -2.06. The summed E-state index contributed by atoms with van der Waals surface area (Å²) in [5.74, 6) is 0. The second-order valence-electron chi connectivity index (χ2n) is 3.24. The molecule has 0 spiro atoms. The standard InChI is InChI=1S/C12H12BrNS/c13-11-5-1-2-6-12(11)14-8-7-10-4-3-9-15-10/h1-6,9,14H,7-8H2. The van der Waals surface area contributed by atoms with E-state index in [1.807, 2.05) is 29.5 Å². The number of nitrogens with one attached hydrogen (secondary N) is 1. The molecule has 1 N–H and O–H groups in total. The van der Waals surface area contributed by atoms with Gasteiger partial charge < -0.3 is 5.32 Å². The van der Waals surface area contributed by atoms with E-state index < -0.39 is 0 Å². The van der Waals surface area contributed by atoms with Crippen molar-refractivity contribution in [1.29, 1.82) is 0 Å². The second kappa shape index (κ2) is 5.33. The normalized spacial score (nSPS) is 10.2. The molecule has 0 fully saturated rings. The summed E-state index contributed by atoms with van der Waals surface area (Å²) in [6.07, 6.45) is 1.08. The average molecular weight is 282 g/mol. The van der Waals surface area contributed by atoms with Crippen LogP contribution in [0.3, 0.4) is 0 Å². The highest BCUT2D eigenvalue weighted by atomic mass is 79.9. The molecule has 1 nitrogen and oxygen atoms in total. The molecule has 0 bridgehead atoms. The first-order chi connectivity index (χ1) is 7.36. The maximum atomic E-state index is 3.52. The van der Waals surface area contributed by atoms with E-state index in [9.17, 15) is 0 Å². The highest BCUT2D eigenvalue weighted by Gasteiger charge is 1.97. The summed E-state index contributed by atoms with van der Waals surface area (Å²) in [5.41, 5.74) is 1.16. The Morgan fingerprint density at radius 1 is 1.13 bits per heavy atom. The molecule has 1 aromatic carbocycles. The summed E-state index contributed by atoms with van der Waals surface area (Å²) in [5, 5.41) is 5.53. The predicted octanol–water partition coefficient (Wildman–Crippen LogP) is 4.17. The van der Waals surface area contributed by atoms with Crippen LogP contribution in [0.25, 0.3) is 0 Å². The van der Waals surface area contributed by atoms with Crippen LogP contribution in [0.4, 0.5) is 5.69 Å². The van der Waals surface area contributed by atoms with Crippen molar-refractivity contribution in [2.75, 3.05) is 11.9 Å². The van der Waals surface area contributed by atoms with Crippen LogP contribution < -0.4 is 5.32 Å². The summed E-state index contributed by atoms with van der Waals surface area (Å²) in [6, 6.07) is 12.5. The number of halogens is 1. The quantitative estimate of drug-likeness (QED) is 0.887. The van der Waals surface area contributed by atoms with Crippen molar-refractivity contribution in [3.05, 3.63) is 51.1 Å². The molecule has 0 atom stereocenters. The molecule has 0 unspecified atom stereocenters. The van der Waals surface area contributed by atoms with Crippen molar-refractivity contribution in [2.24, 2.45) is 0 Å². The molecule has 0 saturated heterocycles. The molecular weight excluding hydrogens is 270 g/mol. The zero-order valence-corrected chi connectivity index (χ0v) is 10.6. The molecule has 2 rings (SSSR count). The number of anilines is 1. The van der Waals surface area contributed by atoms with Gasteiger partial charge in [-0.2, -0.15) is 0 Å². The van der Waals surface area contributed by atoms with Gasteiger partial charge in [-0.3, -0.25) is 0 Å². The first-order valence-electron chi connectivity index (χ1n) is 4.87. The van der Waals surface area contributed by atoms with Gasteiger partial charge in [0.05, 0.1) is 0 Å². The fraction of sp³-hybridized carbons (Fsp3) is 0.167. The minimum Gasteiger partial charge on any atom is -0.384 e. The number of thiophene rings is 1. The number of hydrogen-bond acceptors (Lipinski definition) is 2. The SMILES string of the molecule is Brc1ccccc1NCCc1cccs1. The highest BCUT2D eigenvalue weighted by molar-refractivity contribution is 9.10. The predicted molar refractivity (Wildman–Crippen MR) is 70.7 cm³/mol. The van der Waals surface area contributed by atoms with Crippen LogP contribution in [-0.4, -0.2) is 6.54 Å². The number of benzene rings is 1. The average Bonchev–Trinajstić information content (AvgIpc) is 2.74. The third-order valence-corrected chi connectivity index (χ3v) is 3.77. The van der Waals surface area contributed by atoms with Gasteiger partial charge >= 0.3 is 0 Å². The molecule has 3 heteroatoms. The van der Waals surface area contributed by atoms with Crippen LogP contribution in [0, 0.1) is 0 Å². The van der Waals surface area contributed by atoms with Gasteiger partial charge in [-0.1, -0.05) is 18.2 Å². The van der Waals surface area contributed by atoms with Crippen molar-refractivity contribution in [1.82, 2.24) is 0 Å². The summed E-state index contributed by atoms with van der Waals surface area (Å²) in [7, 11) is 0. The minimum absolute atomic E-state index is 0.975. The maximum Gasteiger partial charge on any atom is 0.0484 e. The number of hydrogen-bond donors (Lipinski definition) is 1. The molecule has 0 aliphatic rings. The van der Waals surface area contributed by atoms with Gasteiger partial charge in [-0.25, -0.2) is 0 Å². The molecule has 78 valence electrons. The summed E-state index contributed by atoms with van der Waals surface area (Å²) in [6.45, 7) is 0.975. The van der Waals surface area contributed by atoms with Crippen LogP contribution in [0.2, 0.25) is 0 Å². The zero-order valence-electron chi connectivity index (χ0n) is 8.24. The maximum absolute atomic E-state index is 3.52. The third-order valence-electron chi connectivity index (χ3n) is 2.14. The van der Waals surface area contributed by atoms with Crippen molar-refractivity contribution in [3.8, 4) is 0 Å². The van der Waals surface area contributed by atoms with E-state index in [1.165, 1.54) is 4.88 Å². The van der Waals surface area contributed by atoms with Crippen LogP contribution in [0.5, 0.6) is 0 Å². The molecule has 1 aromatic heterocycles. The molecule has 0 amide bonds. The second-order valence-corrected chi connectivity index (χ2v) is 5.12. The van der Waals surface area contributed by atoms with Gasteiger partial charge in [0.15, 0.2) is 0 Å². The lowest BCUT2D eigenvalue weighted by Crippen LogP contribution is -2.04. The van der Waals surface area contributed by atoms with Crippen LogP contribution in [0.15, 0.2) is 46.3 Å². The largest absolute Gasteiger partial charge is 0.384 e.